The maximum atomic E-state index is 12.5. The van der Waals surface area contributed by atoms with Gasteiger partial charge in [0.15, 0.2) is 0 Å². The number of hydrogen-bond donors (Lipinski definition) is 0. The van der Waals surface area contributed by atoms with Crippen LogP contribution < -0.4 is 4.90 Å². The van der Waals surface area contributed by atoms with Gasteiger partial charge in [-0.05, 0) is 37.8 Å². The number of nitrogens with zero attached hydrogens (tertiary/aromatic N) is 3. The van der Waals surface area contributed by atoms with E-state index < -0.39 is 18.7 Å². The molecule has 0 radical (unpaired) electrons. The second-order valence-corrected chi connectivity index (χ2v) is 8.49. The van der Waals surface area contributed by atoms with Crippen molar-refractivity contribution in [1.82, 2.24) is 9.88 Å². The van der Waals surface area contributed by atoms with Crippen LogP contribution >= 0.6 is 0 Å². The molecule has 0 unspecified atom stereocenters. The van der Waals surface area contributed by atoms with Gasteiger partial charge in [-0.15, -0.1) is 0 Å². The summed E-state index contributed by atoms with van der Waals surface area (Å²) in [4.78, 5) is 21.0. The molecule has 0 atom stereocenters. The zero-order valence-corrected chi connectivity index (χ0v) is 19.3. The fourth-order valence-corrected chi connectivity index (χ4v) is 4.37. The largest absolute Gasteiger partial charge is 0.453 e. The number of halogens is 3. The Kier molecular flexibility index (Phi) is 8.58. The van der Waals surface area contributed by atoms with Gasteiger partial charge in [0.25, 0.3) is 0 Å². The minimum atomic E-state index is -4.27. The molecule has 0 saturated heterocycles. The summed E-state index contributed by atoms with van der Waals surface area (Å²) in [6.07, 6.45) is 1.41. The van der Waals surface area contributed by atoms with Crippen LogP contribution in [0.25, 0.3) is 10.9 Å². The van der Waals surface area contributed by atoms with Crippen LogP contribution in [0.5, 0.6) is 0 Å². The van der Waals surface area contributed by atoms with Crippen molar-refractivity contribution >= 4 is 22.8 Å². The van der Waals surface area contributed by atoms with Gasteiger partial charge in [-0.2, -0.15) is 13.2 Å². The summed E-state index contributed by atoms with van der Waals surface area (Å²) >= 11 is 0. The lowest BCUT2D eigenvalue weighted by Crippen LogP contribution is -2.34. The molecule has 1 amide bonds. The number of para-hydroxylation sites is 1. The quantitative estimate of drug-likeness (QED) is 0.408. The smallest absolute Gasteiger partial charge is 0.410 e. The molecule has 0 N–H and O–H groups in total. The molecule has 0 bridgehead atoms. The number of rotatable bonds is 9. The molecule has 1 heterocycles. The first-order valence-electron chi connectivity index (χ1n) is 11.5. The Morgan fingerprint density at radius 2 is 1.94 bits per heavy atom. The van der Waals surface area contributed by atoms with E-state index in [-0.39, 0.29) is 13.1 Å². The number of ether oxygens (including phenoxy) is 1. The third kappa shape index (κ3) is 7.11. The number of carbonyl (C=O) groups is 1. The van der Waals surface area contributed by atoms with E-state index in [1.807, 2.05) is 30.3 Å². The summed E-state index contributed by atoms with van der Waals surface area (Å²) < 4.78 is 42.3. The van der Waals surface area contributed by atoms with Gasteiger partial charge >= 0.3 is 12.3 Å². The van der Waals surface area contributed by atoms with Crippen LogP contribution in [0, 0.1) is 5.92 Å². The molecule has 33 heavy (non-hydrogen) atoms. The average Bonchev–Trinajstić information content (AvgIpc) is 3.31. The Hall–Kier alpha value is -2.77. The Bertz CT molecular complexity index is 956. The molecule has 3 rings (SSSR count). The maximum absolute atomic E-state index is 12.5. The van der Waals surface area contributed by atoms with Crippen LogP contribution in [0.1, 0.15) is 44.6 Å². The molecule has 180 valence electrons. The van der Waals surface area contributed by atoms with E-state index in [4.69, 9.17) is 9.72 Å². The van der Waals surface area contributed by atoms with Crippen molar-refractivity contribution in [3.63, 3.8) is 0 Å². The number of fused-ring (bicyclic) bond motifs is 1. The Labute approximate surface area is 193 Å². The van der Waals surface area contributed by atoms with E-state index in [1.54, 1.807) is 0 Å². The third-order valence-electron chi connectivity index (χ3n) is 6.05. The molecular formula is C25H32F3N3O2. The normalized spacial score (nSPS) is 14.8. The minimum Gasteiger partial charge on any atom is -0.453 e. The first-order valence-corrected chi connectivity index (χ1v) is 11.5. The molecule has 1 aromatic heterocycles. The van der Waals surface area contributed by atoms with Crippen LogP contribution in [-0.2, 0) is 11.3 Å². The standard InChI is InChI=1S/C25H32F3N3O2/c1-3-30(17-19-10-4-5-11-19)23-21(16-20-12-6-7-13-22(20)29-23)18-31(24(32)33-2)15-9-8-14-25(26,27)28/h6-9,12-13,16,19H,3-5,10-11,14-15,17-18H2,1-2H3/b9-8+. The van der Waals surface area contributed by atoms with Gasteiger partial charge < -0.3 is 14.5 Å². The molecule has 0 spiro atoms. The van der Waals surface area contributed by atoms with Gasteiger partial charge in [-0.25, -0.2) is 9.78 Å². The highest BCUT2D eigenvalue weighted by Gasteiger charge is 2.25. The van der Waals surface area contributed by atoms with Crippen LogP contribution in [0.15, 0.2) is 42.5 Å². The predicted molar refractivity (Wildman–Crippen MR) is 124 cm³/mol. The highest BCUT2D eigenvalue weighted by Crippen LogP contribution is 2.30. The van der Waals surface area contributed by atoms with Crippen LogP contribution in [-0.4, -0.2) is 48.9 Å². The number of alkyl halides is 3. The maximum Gasteiger partial charge on any atom is 0.410 e. The third-order valence-corrected chi connectivity index (χ3v) is 6.05. The zero-order chi connectivity index (χ0) is 23.8. The van der Waals surface area contributed by atoms with Gasteiger partial charge in [0.2, 0.25) is 0 Å². The van der Waals surface area contributed by atoms with Crippen LogP contribution in [0.2, 0.25) is 0 Å². The fraction of sp³-hybridized carbons (Fsp3) is 0.520. The lowest BCUT2D eigenvalue weighted by Gasteiger charge is -2.29. The molecule has 5 nitrogen and oxygen atoms in total. The minimum absolute atomic E-state index is 0.0176. The number of anilines is 1. The topological polar surface area (TPSA) is 45.7 Å². The summed E-state index contributed by atoms with van der Waals surface area (Å²) in [6, 6.07) is 9.82. The van der Waals surface area contributed by atoms with E-state index in [2.05, 4.69) is 11.8 Å². The number of hydrogen-bond acceptors (Lipinski definition) is 4. The highest BCUT2D eigenvalue weighted by atomic mass is 19.4. The van der Waals surface area contributed by atoms with E-state index in [9.17, 15) is 18.0 Å². The fourth-order valence-electron chi connectivity index (χ4n) is 4.37. The predicted octanol–water partition coefficient (Wildman–Crippen LogP) is 6.33. The van der Waals surface area contributed by atoms with E-state index in [0.717, 1.165) is 41.4 Å². The van der Waals surface area contributed by atoms with Crippen LogP contribution in [0.3, 0.4) is 0 Å². The number of methoxy groups -OCH3 is 1. The van der Waals surface area contributed by atoms with Crippen molar-refractivity contribution in [2.45, 2.75) is 51.7 Å². The Morgan fingerprint density at radius 3 is 2.61 bits per heavy atom. The summed E-state index contributed by atoms with van der Waals surface area (Å²) in [6.45, 7) is 3.98. The number of amides is 1. The SMILES string of the molecule is CCN(CC1CCCC1)c1nc2ccccc2cc1CN(C/C=C/CC(F)(F)F)C(=O)OC. The lowest BCUT2D eigenvalue weighted by atomic mass is 10.1. The summed E-state index contributed by atoms with van der Waals surface area (Å²) in [5.41, 5.74) is 1.72. The van der Waals surface area contributed by atoms with E-state index in [0.29, 0.717) is 5.92 Å². The molecule has 1 fully saturated rings. The Morgan fingerprint density at radius 1 is 1.21 bits per heavy atom. The van der Waals surface area contributed by atoms with Gasteiger partial charge in [-0.3, -0.25) is 0 Å². The lowest BCUT2D eigenvalue weighted by molar-refractivity contribution is -0.125. The number of allylic oxidation sites excluding steroid dienone is 1. The number of carbonyl (C=O) groups excluding carboxylic acids is 1. The molecule has 1 aromatic carbocycles. The van der Waals surface area contributed by atoms with Gasteiger partial charge in [-0.1, -0.05) is 43.2 Å². The van der Waals surface area contributed by atoms with Gasteiger partial charge in [0, 0.05) is 30.6 Å². The number of pyridine rings is 1. The molecule has 0 aliphatic heterocycles. The van der Waals surface area contributed by atoms with Crippen molar-refractivity contribution in [2.24, 2.45) is 5.92 Å². The van der Waals surface area contributed by atoms with E-state index in [1.165, 1.54) is 43.8 Å². The zero-order valence-electron chi connectivity index (χ0n) is 19.3. The molecule has 2 aromatic rings. The van der Waals surface area contributed by atoms with Crippen molar-refractivity contribution < 1.29 is 22.7 Å². The molecule has 8 heteroatoms. The Balaban J connectivity index is 1.90. The van der Waals surface area contributed by atoms with Gasteiger partial charge in [0.05, 0.1) is 25.6 Å². The highest BCUT2D eigenvalue weighted by molar-refractivity contribution is 5.82. The second kappa shape index (κ2) is 11.4. The van der Waals surface area contributed by atoms with Crippen molar-refractivity contribution in [1.29, 1.82) is 0 Å². The molecular weight excluding hydrogens is 431 g/mol. The van der Waals surface area contributed by atoms with Crippen molar-refractivity contribution in [3.05, 3.63) is 48.0 Å². The summed E-state index contributed by atoms with van der Waals surface area (Å²) in [5.74, 6) is 1.43. The molecule has 1 aliphatic carbocycles. The average molecular weight is 464 g/mol. The van der Waals surface area contributed by atoms with Gasteiger partial charge in [0.1, 0.15) is 5.82 Å². The van der Waals surface area contributed by atoms with E-state index >= 15 is 0 Å². The monoisotopic (exact) mass is 463 g/mol. The first kappa shape index (κ1) is 24.9. The number of benzene rings is 1. The first-order chi connectivity index (χ1) is 15.8. The molecule has 1 saturated carbocycles. The molecule has 1 aliphatic rings. The van der Waals surface area contributed by atoms with Crippen molar-refractivity contribution in [3.8, 4) is 0 Å². The number of aromatic nitrogens is 1. The summed E-state index contributed by atoms with van der Waals surface area (Å²) in [7, 11) is 1.27. The second-order valence-electron chi connectivity index (χ2n) is 8.49. The van der Waals surface area contributed by atoms with Crippen LogP contribution in [0.4, 0.5) is 23.8 Å². The van der Waals surface area contributed by atoms with Crippen molar-refractivity contribution in [2.75, 3.05) is 31.6 Å². The summed E-state index contributed by atoms with van der Waals surface area (Å²) in [5, 5.41) is 0.950.